The molecule has 2 aromatic rings. The third kappa shape index (κ3) is 5.41. The van der Waals surface area contributed by atoms with Crippen molar-refractivity contribution in [2.45, 2.75) is 61.0 Å². The van der Waals surface area contributed by atoms with Crippen LogP contribution in [0.2, 0.25) is 0 Å². The maximum absolute atomic E-state index is 12.9. The molecule has 1 saturated heterocycles. The van der Waals surface area contributed by atoms with E-state index in [1.165, 1.54) is 11.8 Å². The number of thioether (sulfide) groups is 1. The van der Waals surface area contributed by atoms with Crippen LogP contribution in [0.3, 0.4) is 0 Å². The van der Waals surface area contributed by atoms with Gasteiger partial charge in [0, 0.05) is 31.2 Å². The number of aromatic nitrogens is 3. The van der Waals surface area contributed by atoms with E-state index in [0.29, 0.717) is 36.4 Å². The van der Waals surface area contributed by atoms with E-state index < -0.39 is 10.0 Å². The Morgan fingerprint density at radius 2 is 1.81 bits per heavy atom. The Balaban J connectivity index is 1.34. The van der Waals surface area contributed by atoms with E-state index in [0.717, 1.165) is 44.3 Å². The summed E-state index contributed by atoms with van der Waals surface area (Å²) in [6.45, 7) is 5.55. The molecule has 0 atom stereocenters. The molecule has 10 heteroatoms. The molecule has 8 nitrogen and oxygen atoms in total. The first kappa shape index (κ1) is 23.0. The molecular weight excluding hydrogens is 446 g/mol. The molecule has 1 aliphatic carbocycles. The molecule has 1 amide bonds. The van der Waals surface area contributed by atoms with Gasteiger partial charge in [0.1, 0.15) is 5.82 Å². The zero-order valence-corrected chi connectivity index (χ0v) is 19.7. The number of benzene rings is 1. The zero-order valence-electron chi connectivity index (χ0n) is 18.1. The standard InChI is InChI=1S/C22H29N5O3S2/c1-2-13-27-21(17-7-8-17)24-25-22(27)31-16-20(28)23-18-9-11-19(12-10-18)32(29,30)26-14-5-3-4-6-15-26/h2,9-12,17H,1,3-8,13-16H2,(H,23,28). The lowest BCUT2D eigenvalue weighted by atomic mass is 10.2. The van der Waals surface area contributed by atoms with Crippen LogP contribution in [-0.2, 0) is 21.4 Å². The smallest absolute Gasteiger partial charge is 0.243 e. The second-order valence-corrected chi connectivity index (χ2v) is 11.1. The lowest BCUT2D eigenvalue weighted by Gasteiger charge is -2.20. The second-order valence-electron chi connectivity index (χ2n) is 8.19. The first-order chi connectivity index (χ1) is 15.5. The second kappa shape index (κ2) is 10.2. The van der Waals surface area contributed by atoms with Crippen molar-refractivity contribution in [2.24, 2.45) is 0 Å². The van der Waals surface area contributed by atoms with E-state index in [1.807, 2.05) is 4.57 Å². The maximum Gasteiger partial charge on any atom is 0.243 e. The number of nitrogens with one attached hydrogen (secondary N) is 1. The van der Waals surface area contributed by atoms with Gasteiger partial charge >= 0.3 is 0 Å². The molecule has 0 spiro atoms. The van der Waals surface area contributed by atoms with Gasteiger partial charge in [-0.15, -0.1) is 16.8 Å². The highest BCUT2D eigenvalue weighted by Gasteiger charge is 2.30. The van der Waals surface area contributed by atoms with E-state index in [2.05, 4.69) is 22.1 Å². The molecule has 32 heavy (non-hydrogen) atoms. The molecule has 1 N–H and O–H groups in total. The van der Waals surface area contributed by atoms with E-state index in [9.17, 15) is 13.2 Å². The van der Waals surface area contributed by atoms with Crippen LogP contribution in [0.25, 0.3) is 0 Å². The molecule has 1 aromatic carbocycles. The minimum Gasteiger partial charge on any atom is -0.325 e. The Bertz CT molecular complexity index is 1050. The van der Waals surface area contributed by atoms with Gasteiger partial charge in [0.15, 0.2) is 5.16 Å². The lowest BCUT2D eigenvalue weighted by Crippen LogP contribution is -2.31. The average molecular weight is 476 g/mol. The summed E-state index contributed by atoms with van der Waals surface area (Å²) in [6.07, 6.45) is 8.00. The van der Waals surface area contributed by atoms with Crippen LogP contribution in [0.1, 0.15) is 50.3 Å². The van der Waals surface area contributed by atoms with Gasteiger partial charge < -0.3 is 9.88 Å². The fourth-order valence-electron chi connectivity index (χ4n) is 3.82. The monoisotopic (exact) mass is 475 g/mol. The summed E-state index contributed by atoms with van der Waals surface area (Å²) in [6, 6.07) is 6.40. The number of allylic oxidation sites excluding steroid dienone is 1. The zero-order chi connectivity index (χ0) is 22.6. The molecule has 1 aromatic heterocycles. The molecule has 2 heterocycles. The number of carbonyl (C=O) groups excluding carboxylic acids is 1. The quantitative estimate of drug-likeness (QED) is 0.439. The fraction of sp³-hybridized carbons (Fsp3) is 0.500. The van der Waals surface area contributed by atoms with Gasteiger partial charge in [-0.1, -0.05) is 30.7 Å². The van der Waals surface area contributed by atoms with Crippen LogP contribution in [0.4, 0.5) is 5.69 Å². The third-order valence-corrected chi connectivity index (χ3v) is 8.55. The van der Waals surface area contributed by atoms with Gasteiger partial charge in [0.05, 0.1) is 10.6 Å². The molecule has 0 bridgehead atoms. The van der Waals surface area contributed by atoms with E-state index in [1.54, 1.807) is 34.6 Å². The highest BCUT2D eigenvalue weighted by atomic mass is 32.2. The largest absolute Gasteiger partial charge is 0.325 e. The third-order valence-electron chi connectivity index (χ3n) is 5.67. The predicted octanol–water partition coefficient (Wildman–Crippen LogP) is 3.64. The van der Waals surface area contributed by atoms with Crippen molar-refractivity contribution in [1.29, 1.82) is 0 Å². The summed E-state index contributed by atoms with van der Waals surface area (Å²) in [5.74, 6) is 1.44. The van der Waals surface area contributed by atoms with E-state index >= 15 is 0 Å². The Morgan fingerprint density at radius 1 is 1.12 bits per heavy atom. The number of sulfonamides is 1. The Hall–Kier alpha value is -2.17. The molecule has 1 aliphatic heterocycles. The van der Waals surface area contributed by atoms with Crippen molar-refractivity contribution < 1.29 is 13.2 Å². The maximum atomic E-state index is 12.9. The lowest BCUT2D eigenvalue weighted by molar-refractivity contribution is -0.113. The van der Waals surface area contributed by atoms with Gasteiger partial charge in [-0.05, 0) is 49.9 Å². The molecule has 0 unspecified atom stereocenters. The summed E-state index contributed by atoms with van der Waals surface area (Å²) in [5.41, 5.74) is 0.566. The molecule has 2 aliphatic rings. The molecule has 2 fully saturated rings. The normalized spacial score (nSPS) is 17.6. The molecule has 1 saturated carbocycles. The highest BCUT2D eigenvalue weighted by molar-refractivity contribution is 7.99. The number of hydrogen-bond acceptors (Lipinski definition) is 6. The minimum atomic E-state index is -3.50. The number of amides is 1. The Labute approximate surface area is 193 Å². The van der Waals surface area contributed by atoms with Crippen molar-refractivity contribution in [2.75, 3.05) is 24.2 Å². The van der Waals surface area contributed by atoms with Crippen LogP contribution in [-0.4, -0.2) is 52.2 Å². The summed E-state index contributed by atoms with van der Waals surface area (Å²) >= 11 is 1.34. The van der Waals surface area contributed by atoms with Gasteiger partial charge in [-0.3, -0.25) is 4.79 Å². The first-order valence-electron chi connectivity index (χ1n) is 11.1. The van der Waals surface area contributed by atoms with Crippen molar-refractivity contribution in [3.05, 3.63) is 42.7 Å². The minimum absolute atomic E-state index is 0.181. The first-order valence-corrected chi connectivity index (χ1v) is 13.5. The number of carbonyl (C=O) groups is 1. The summed E-state index contributed by atoms with van der Waals surface area (Å²) in [7, 11) is -3.50. The summed E-state index contributed by atoms with van der Waals surface area (Å²) < 4.78 is 29.4. The van der Waals surface area contributed by atoms with Gasteiger partial charge in [-0.2, -0.15) is 4.31 Å². The van der Waals surface area contributed by atoms with Crippen molar-refractivity contribution in [1.82, 2.24) is 19.1 Å². The van der Waals surface area contributed by atoms with Crippen LogP contribution in [0, 0.1) is 0 Å². The Morgan fingerprint density at radius 3 is 2.44 bits per heavy atom. The van der Waals surface area contributed by atoms with Crippen LogP contribution in [0.5, 0.6) is 0 Å². The van der Waals surface area contributed by atoms with Crippen molar-refractivity contribution >= 4 is 33.4 Å². The van der Waals surface area contributed by atoms with Crippen LogP contribution >= 0.6 is 11.8 Å². The number of hydrogen-bond donors (Lipinski definition) is 1. The van der Waals surface area contributed by atoms with E-state index in [-0.39, 0.29) is 16.6 Å². The number of anilines is 1. The highest BCUT2D eigenvalue weighted by Crippen LogP contribution is 2.40. The molecular formula is C22H29N5O3S2. The van der Waals surface area contributed by atoms with Crippen molar-refractivity contribution in [3.63, 3.8) is 0 Å². The Kier molecular flexibility index (Phi) is 7.32. The van der Waals surface area contributed by atoms with E-state index in [4.69, 9.17) is 0 Å². The molecule has 172 valence electrons. The van der Waals surface area contributed by atoms with Crippen LogP contribution in [0.15, 0.2) is 47.0 Å². The number of nitrogens with zero attached hydrogens (tertiary/aromatic N) is 4. The summed E-state index contributed by atoms with van der Waals surface area (Å²) in [4.78, 5) is 12.7. The topological polar surface area (TPSA) is 97.2 Å². The van der Waals surface area contributed by atoms with Crippen molar-refractivity contribution in [3.8, 4) is 0 Å². The van der Waals surface area contributed by atoms with Gasteiger partial charge in [-0.25, -0.2) is 8.42 Å². The van der Waals surface area contributed by atoms with Crippen LogP contribution < -0.4 is 5.32 Å². The molecule has 0 radical (unpaired) electrons. The SMILES string of the molecule is C=CCn1c(SCC(=O)Nc2ccc(S(=O)(=O)N3CCCCCC3)cc2)nnc1C1CC1. The fourth-order valence-corrected chi connectivity index (χ4v) is 6.09. The predicted molar refractivity (Wildman–Crippen MR) is 125 cm³/mol. The number of rotatable bonds is 9. The summed E-state index contributed by atoms with van der Waals surface area (Å²) in [5, 5.41) is 12.1. The molecule has 4 rings (SSSR count). The van der Waals surface area contributed by atoms with Gasteiger partial charge in [0.2, 0.25) is 15.9 Å². The average Bonchev–Trinajstić information content (AvgIpc) is 3.59. The van der Waals surface area contributed by atoms with Gasteiger partial charge in [0.25, 0.3) is 0 Å².